The summed E-state index contributed by atoms with van der Waals surface area (Å²) in [5.74, 6) is 0.0915. The average Bonchev–Trinajstić information content (AvgIpc) is 2.88. The van der Waals surface area contributed by atoms with Crippen LogP contribution in [0.25, 0.3) is 0 Å². The molecule has 1 saturated heterocycles. The minimum absolute atomic E-state index is 0.0225. The van der Waals surface area contributed by atoms with E-state index >= 15 is 0 Å². The van der Waals surface area contributed by atoms with E-state index in [4.69, 9.17) is 4.74 Å². The standard InChI is InChI=1S/C14H15N3O3/c1-8-6-10-11(7-9(8)13(18)16-15-2)20-12-4-3-5-17(12)14(10)19/h6-7,12H,2-5H2,1H3,(H,16,18). The third-order valence-corrected chi connectivity index (χ3v) is 3.70. The van der Waals surface area contributed by atoms with Crippen molar-refractivity contribution < 1.29 is 14.3 Å². The Balaban J connectivity index is 2.03. The van der Waals surface area contributed by atoms with Crippen LogP contribution in [0.2, 0.25) is 0 Å². The number of benzene rings is 1. The summed E-state index contributed by atoms with van der Waals surface area (Å²) in [5, 5.41) is 3.37. The van der Waals surface area contributed by atoms with Crippen LogP contribution in [0.3, 0.4) is 0 Å². The fourth-order valence-electron chi connectivity index (χ4n) is 2.72. The molecule has 3 rings (SSSR count). The van der Waals surface area contributed by atoms with Crippen molar-refractivity contribution in [2.75, 3.05) is 6.54 Å². The number of rotatable bonds is 2. The van der Waals surface area contributed by atoms with Crippen LogP contribution in [0.4, 0.5) is 0 Å². The van der Waals surface area contributed by atoms with Crippen LogP contribution in [0.1, 0.15) is 39.1 Å². The average molecular weight is 273 g/mol. The number of aryl methyl sites for hydroxylation is 1. The van der Waals surface area contributed by atoms with Gasteiger partial charge in [0.15, 0.2) is 6.23 Å². The summed E-state index contributed by atoms with van der Waals surface area (Å²) in [6, 6.07) is 3.31. The highest BCUT2D eigenvalue weighted by Gasteiger charge is 2.37. The highest BCUT2D eigenvalue weighted by Crippen LogP contribution is 2.34. The number of hydrogen-bond acceptors (Lipinski definition) is 4. The molecule has 0 aliphatic carbocycles. The van der Waals surface area contributed by atoms with E-state index in [0.29, 0.717) is 22.4 Å². The van der Waals surface area contributed by atoms with Crippen molar-refractivity contribution in [3.05, 3.63) is 28.8 Å². The Morgan fingerprint density at radius 1 is 1.55 bits per heavy atom. The van der Waals surface area contributed by atoms with Crippen LogP contribution in [0, 0.1) is 6.92 Å². The lowest BCUT2D eigenvalue weighted by Crippen LogP contribution is -2.43. The number of amides is 2. The van der Waals surface area contributed by atoms with E-state index in [1.54, 1.807) is 24.0 Å². The summed E-state index contributed by atoms with van der Waals surface area (Å²) in [7, 11) is 0. The van der Waals surface area contributed by atoms with Crippen molar-refractivity contribution >= 4 is 18.5 Å². The van der Waals surface area contributed by atoms with Gasteiger partial charge in [-0.1, -0.05) is 0 Å². The predicted octanol–water partition coefficient (Wildman–Crippen LogP) is 1.29. The molecule has 104 valence electrons. The van der Waals surface area contributed by atoms with E-state index in [1.165, 1.54) is 0 Å². The number of ether oxygens (including phenoxy) is 1. The summed E-state index contributed by atoms with van der Waals surface area (Å²) < 4.78 is 5.83. The fraction of sp³-hybridized carbons (Fsp3) is 0.357. The summed E-state index contributed by atoms with van der Waals surface area (Å²) in [5.41, 5.74) is 3.96. The lowest BCUT2D eigenvalue weighted by atomic mass is 10.0. The van der Waals surface area contributed by atoms with Crippen LogP contribution >= 0.6 is 0 Å². The fourth-order valence-corrected chi connectivity index (χ4v) is 2.72. The van der Waals surface area contributed by atoms with E-state index in [-0.39, 0.29) is 18.0 Å². The number of carbonyl (C=O) groups is 2. The Hall–Kier alpha value is -2.37. The third kappa shape index (κ3) is 1.84. The number of hydrogen-bond donors (Lipinski definition) is 1. The van der Waals surface area contributed by atoms with Gasteiger partial charge in [-0.3, -0.25) is 9.59 Å². The zero-order chi connectivity index (χ0) is 14.3. The Morgan fingerprint density at radius 3 is 3.10 bits per heavy atom. The van der Waals surface area contributed by atoms with Gasteiger partial charge < -0.3 is 9.64 Å². The van der Waals surface area contributed by atoms with Crippen LogP contribution in [0.5, 0.6) is 5.75 Å². The molecule has 1 atom stereocenters. The van der Waals surface area contributed by atoms with Crippen LogP contribution < -0.4 is 10.2 Å². The highest BCUT2D eigenvalue weighted by molar-refractivity contribution is 6.02. The topological polar surface area (TPSA) is 71.0 Å². The quantitative estimate of drug-likeness (QED) is 0.652. The molecule has 2 aliphatic rings. The number of nitrogens with one attached hydrogen (secondary N) is 1. The van der Waals surface area contributed by atoms with E-state index in [0.717, 1.165) is 19.4 Å². The lowest BCUT2D eigenvalue weighted by molar-refractivity contribution is 0.0293. The molecule has 2 amide bonds. The monoisotopic (exact) mass is 273 g/mol. The molecule has 2 aliphatic heterocycles. The van der Waals surface area contributed by atoms with Crippen molar-refractivity contribution in [2.24, 2.45) is 5.10 Å². The number of nitrogens with zero attached hydrogens (tertiary/aromatic N) is 2. The highest BCUT2D eigenvalue weighted by atomic mass is 16.5. The second-order valence-electron chi connectivity index (χ2n) is 4.98. The number of hydrazone groups is 1. The normalized spacial score (nSPS) is 19.9. The van der Waals surface area contributed by atoms with Gasteiger partial charge >= 0.3 is 0 Å². The molecular formula is C14H15N3O3. The molecular weight excluding hydrogens is 258 g/mol. The van der Waals surface area contributed by atoms with Crippen LogP contribution in [-0.2, 0) is 0 Å². The van der Waals surface area contributed by atoms with Crippen molar-refractivity contribution in [3.8, 4) is 5.75 Å². The van der Waals surface area contributed by atoms with Crippen molar-refractivity contribution in [3.63, 3.8) is 0 Å². The van der Waals surface area contributed by atoms with Gasteiger partial charge in [0.05, 0.1) is 5.56 Å². The lowest BCUT2D eigenvalue weighted by Gasteiger charge is -2.32. The van der Waals surface area contributed by atoms with Gasteiger partial charge in [0.1, 0.15) is 5.75 Å². The molecule has 1 unspecified atom stereocenters. The molecule has 2 heterocycles. The minimum Gasteiger partial charge on any atom is -0.470 e. The molecule has 0 saturated carbocycles. The largest absolute Gasteiger partial charge is 0.470 e. The van der Waals surface area contributed by atoms with Crippen LogP contribution in [-0.4, -0.2) is 36.2 Å². The van der Waals surface area contributed by atoms with Gasteiger partial charge in [-0.25, -0.2) is 5.43 Å². The summed E-state index contributed by atoms with van der Waals surface area (Å²) in [6.45, 7) is 5.73. The first-order valence-electron chi connectivity index (χ1n) is 6.50. The number of fused-ring (bicyclic) bond motifs is 2. The molecule has 1 fully saturated rings. The third-order valence-electron chi connectivity index (χ3n) is 3.70. The molecule has 6 nitrogen and oxygen atoms in total. The summed E-state index contributed by atoms with van der Waals surface area (Å²) >= 11 is 0. The molecule has 6 heteroatoms. The number of carbonyl (C=O) groups excluding carboxylic acids is 2. The predicted molar refractivity (Wildman–Crippen MR) is 72.9 cm³/mol. The van der Waals surface area contributed by atoms with E-state index in [2.05, 4.69) is 17.2 Å². The zero-order valence-electron chi connectivity index (χ0n) is 11.2. The molecule has 0 radical (unpaired) electrons. The second-order valence-corrected chi connectivity index (χ2v) is 4.98. The minimum atomic E-state index is -0.356. The maximum atomic E-state index is 12.4. The van der Waals surface area contributed by atoms with E-state index in [1.807, 2.05) is 0 Å². The summed E-state index contributed by atoms with van der Waals surface area (Å²) in [4.78, 5) is 26.0. The van der Waals surface area contributed by atoms with Crippen molar-refractivity contribution in [1.82, 2.24) is 10.3 Å². The molecule has 1 N–H and O–H groups in total. The zero-order valence-corrected chi connectivity index (χ0v) is 11.2. The van der Waals surface area contributed by atoms with Crippen molar-refractivity contribution in [2.45, 2.75) is 26.0 Å². The first-order valence-corrected chi connectivity index (χ1v) is 6.50. The maximum Gasteiger partial charge on any atom is 0.271 e. The molecule has 0 bridgehead atoms. The maximum absolute atomic E-state index is 12.4. The molecule has 0 spiro atoms. The Bertz CT molecular complexity index is 612. The Labute approximate surface area is 116 Å². The smallest absolute Gasteiger partial charge is 0.271 e. The van der Waals surface area contributed by atoms with Gasteiger partial charge in [-0.05, 0) is 31.0 Å². The van der Waals surface area contributed by atoms with Crippen LogP contribution in [0.15, 0.2) is 17.2 Å². The molecule has 0 aromatic heterocycles. The molecule has 1 aromatic carbocycles. The van der Waals surface area contributed by atoms with Gasteiger partial charge in [0.2, 0.25) is 0 Å². The van der Waals surface area contributed by atoms with E-state index in [9.17, 15) is 9.59 Å². The van der Waals surface area contributed by atoms with Gasteiger partial charge in [-0.2, -0.15) is 5.10 Å². The van der Waals surface area contributed by atoms with E-state index < -0.39 is 0 Å². The first kappa shape index (κ1) is 12.7. The molecule has 1 aromatic rings. The Morgan fingerprint density at radius 2 is 2.35 bits per heavy atom. The van der Waals surface area contributed by atoms with Gasteiger partial charge in [0, 0.05) is 25.2 Å². The SMILES string of the molecule is C=NNC(=O)c1cc2c(cc1C)C(=O)N1CCCC1O2. The van der Waals surface area contributed by atoms with Crippen molar-refractivity contribution in [1.29, 1.82) is 0 Å². The summed E-state index contributed by atoms with van der Waals surface area (Å²) in [6.07, 6.45) is 1.57. The Kier molecular flexibility index (Phi) is 2.93. The molecule has 20 heavy (non-hydrogen) atoms. The van der Waals surface area contributed by atoms with Gasteiger partial charge in [-0.15, -0.1) is 0 Å². The first-order chi connectivity index (χ1) is 9.61. The van der Waals surface area contributed by atoms with Gasteiger partial charge in [0.25, 0.3) is 11.8 Å². The second kappa shape index (κ2) is 4.63.